The van der Waals surface area contributed by atoms with E-state index in [0.717, 1.165) is 16.8 Å². The molecule has 29 heavy (non-hydrogen) atoms. The van der Waals surface area contributed by atoms with E-state index in [9.17, 15) is 5.11 Å². The highest BCUT2D eigenvalue weighted by molar-refractivity contribution is 6.37. The molecule has 3 aromatic rings. The lowest BCUT2D eigenvalue weighted by Gasteiger charge is -2.15. The van der Waals surface area contributed by atoms with Crippen LogP contribution >= 0.6 is 23.2 Å². The molecular weight excluding hydrogens is 409 g/mol. The third-order valence-electron chi connectivity index (χ3n) is 4.47. The van der Waals surface area contributed by atoms with Crippen LogP contribution in [0, 0.1) is 6.92 Å². The lowest BCUT2D eigenvalue weighted by atomic mass is 10.1. The number of nitrogens with one attached hydrogen (secondary N) is 1. The molecule has 2 N–H and O–H groups in total. The van der Waals surface area contributed by atoms with Gasteiger partial charge in [0, 0.05) is 12.2 Å². The van der Waals surface area contributed by atoms with Crippen LogP contribution in [-0.2, 0) is 13.2 Å². The zero-order valence-electron chi connectivity index (χ0n) is 16.3. The second-order valence-electron chi connectivity index (χ2n) is 6.57. The number of hydrogen-bond acceptors (Lipinski definition) is 4. The first-order valence-electron chi connectivity index (χ1n) is 9.33. The van der Waals surface area contributed by atoms with Crippen molar-refractivity contribution in [3.63, 3.8) is 0 Å². The van der Waals surface area contributed by atoms with E-state index in [4.69, 9.17) is 32.7 Å². The number of hydrogen-bond donors (Lipinski definition) is 2. The van der Waals surface area contributed by atoms with Crippen molar-refractivity contribution >= 4 is 28.9 Å². The normalized spacial score (nSPS) is 10.6. The average molecular weight is 432 g/mol. The van der Waals surface area contributed by atoms with Gasteiger partial charge in [0.25, 0.3) is 0 Å². The summed E-state index contributed by atoms with van der Waals surface area (Å²) in [6.45, 7) is 5.57. The molecule has 0 bridgehead atoms. The minimum Gasteiger partial charge on any atom is -0.505 e. The van der Waals surface area contributed by atoms with Crippen molar-refractivity contribution in [3.8, 4) is 17.2 Å². The molecule has 3 rings (SSSR count). The number of ether oxygens (including phenoxy) is 2. The molecule has 0 spiro atoms. The standard InChI is InChI=1S/C23H23Cl2NO3/c1-3-28-22-10-16(13-26-18-11-19(24)23(27)20(25)12-18)8-9-21(22)29-14-17-7-5-4-6-15(17)2/h4-12,26-27H,3,13-14H2,1-2H3. The fourth-order valence-electron chi connectivity index (χ4n) is 2.85. The number of aryl methyl sites for hydroxylation is 1. The van der Waals surface area contributed by atoms with Crippen LogP contribution in [0.5, 0.6) is 17.2 Å². The zero-order chi connectivity index (χ0) is 20.8. The van der Waals surface area contributed by atoms with Crippen molar-refractivity contribution in [2.75, 3.05) is 11.9 Å². The van der Waals surface area contributed by atoms with Gasteiger partial charge in [-0.3, -0.25) is 0 Å². The van der Waals surface area contributed by atoms with Gasteiger partial charge in [-0.15, -0.1) is 0 Å². The molecule has 3 aromatic carbocycles. The van der Waals surface area contributed by atoms with Crippen molar-refractivity contribution in [3.05, 3.63) is 81.3 Å². The van der Waals surface area contributed by atoms with E-state index in [1.165, 1.54) is 5.56 Å². The molecule has 0 radical (unpaired) electrons. The van der Waals surface area contributed by atoms with E-state index in [-0.39, 0.29) is 15.8 Å². The molecule has 152 valence electrons. The van der Waals surface area contributed by atoms with E-state index < -0.39 is 0 Å². The second-order valence-corrected chi connectivity index (χ2v) is 7.39. The van der Waals surface area contributed by atoms with Gasteiger partial charge in [-0.2, -0.15) is 0 Å². The SMILES string of the molecule is CCOc1cc(CNc2cc(Cl)c(O)c(Cl)c2)ccc1OCc1ccccc1C. The topological polar surface area (TPSA) is 50.7 Å². The molecule has 0 saturated carbocycles. The van der Waals surface area contributed by atoms with Crippen LogP contribution in [0.15, 0.2) is 54.6 Å². The maximum atomic E-state index is 9.67. The number of rotatable bonds is 8. The number of phenols is 1. The molecule has 0 aliphatic rings. The quantitative estimate of drug-likeness (QED) is 0.394. The summed E-state index contributed by atoms with van der Waals surface area (Å²) in [5, 5.41) is 13.3. The lowest BCUT2D eigenvalue weighted by Crippen LogP contribution is -2.03. The largest absolute Gasteiger partial charge is 0.505 e. The third kappa shape index (κ3) is 5.49. The van der Waals surface area contributed by atoms with E-state index in [0.29, 0.717) is 31.3 Å². The fourth-order valence-corrected chi connectivity index (χ4v) is 3.34. The maximum Gasteiger partial charge on any atom is 0.161 e. The molecular formula is C23H23Cl2NO3. The highest BCUT2D eigenvalue weighted by atomic mass is 35.5. The first-order chi connectivity index (χ1) is 14.0. The smallest absolute Gasteiger partial charge is 0.161 e. The Kier molecular flexibility index (Phi) is 7.13. The fraction of sp³-hybridized carbons (Fsp3) is 0.217. The number of benzene rings is 3. The number of aromatic hydroxyl groups is 1. The van der Waals surface area contributed by atoms with Gasteiger partial charge in [-0.25, -0.2) is 0 Å². The number of phenolic OH excluding ortho intramolecular Hbond substituents is 1. The molecule has 0 aliphatic carbocycles. The van der Waals surface area contributed by atoms with Crippen molar-refractivity contribution < 1.29 is 14.6 Å². The van der Waals surface area contributed by atoms with Crippen LogP contribution in [0.25, 0.3) is 0 Å². The van der Waals surface area contributed by atoms with Crippen LogP contribution < -0.4 is 14.8 Å². The summed E-state index contributed by atoms with van der Waals surface area (Å²) < 4.78 is 11.8. The molecule has 0 amide bonds. The Balaban J connectivity index is 1.71. The summed E-state index contributed by atoms with van der Waals surface area (Å²) in [6, 6.07) is 17.3. The van der Waals surface area contributed by atoms with Crippen LogP contribution in [0.1, 0.15) is 23.6 Å². The number of halogens is 2. The molecule has 0 fully saturated rings. The summed E-state index contributed by atoms with van der Waals surface area (Å²) in [6.07, 6.45) is 0. The zero-order valence-corrected chi connectivity index (χ0v) is 17.8. The Labute approximate surface area is 181 Å². The number of anilines is 1. The first-order valence-corrected chi connectivity index (χ1v) is 10.1. The first kappa shape index (κ1) is 21.2. The second kappa shape index (κ2) is 9.77. The summed E-state index contributed by atoms with van der Waals surface area (Å²) >= 11 is 11.9. The monoisotopic (exact) mass is 431 g/mol. The minimum atomic E-state index is -0.118. The van der Waals surface area contributed by atoms with Gasteiger partial charge < -0.3 is 19.9 Å². The predicted octanol–water partition coefficient (Wildman–Crippen LogP) is 6.60. The highest BCUT2D eigenvalue weighted by Crippen LogP contribution is 2.35. The Morgan fingerprint density at radius 1 is 0.931 bits per heavy atom. The molecule has 0 aromatic heterocycles. The van der Waals surface area contributed by atoms with Crippen molar-refractivity contribution in [2.24, 2.45) is 0 Å². The van der Waals surface area contributed by atoms with E-state index in [1.807, 2.05) is 37.3 Å². The lowest BCUT2D eigenvalue weighted by molar-refractivity contribution is 0.268. The van der Waals surface area contributed by atoms with Crippen LogP contribution in [-0.4, -0.2) is 11.7 Å². The van der Waals surface area contributed by atoms with E-state index >= 15 is 0 Å². The molecule has 0 atom stereocenters. The van der Waals surface area contributed by atoms with Gasteiger partial charge in [-0.05, 0) is 54.8 Å². The Morgan fingerprint density at radius 2 is 1.66 bits per heavy atom. The van der Waals surface area contributed by atoms with Gasteiger partial charge in [0.2, 0.25) is 0 Å². The minimum absolute atomic E-state index is 0.118. The van der Waals surface area contributed by atoms with Crippen molar-refractivity contribution in [1.29, 1.82) is 0 Å². The van der Waals surface area contributed by atoms with Gasteiger partial charge in [0.1, 0.15) is 6.61 Å². The summed E-state index contributed by atoms with van der Waals surface area (Å²) in [4.78, 5) is 0. The third-order valence-corrected chi connectivity index (χ3v) is 5.04. The maximum absolute atomic E-state index is 9.67. The Bertz CT molecular complexity index is 969. The van der Waals surface area contributed by atoms with Crippen LogP contribution in [0.4, 0.5) is 5.69 Å². The van der Waals surface area contributed by atoms with Crippen molar-refractivity contribution in [1.82, 2.24) is 0 Å². The highest BCUT2D eigenvalue weighted by Gasteiger charge is 2.10. The van der Waals surface area contributed by atoms with Gasteiger partial charge >= 0.3 is 0 Å². The van der Waals surface area contributed by atoms with Gasteiger partial charge in [0.05, 0.1) is 16.7 Å². The van der Waals surface area contributed by atoms with Gasteiger partial charge in [0.15, 0.2) is 17.2 Å². The molecule has 0 heterocycles. The Morgan fingerprint density at radius 3 is 2.34 bits per heavy atom. The van der Waals surface area contributed by atoms with E-state index in [2.05, 4.69) is 24.4 Å². The molecule has 6 heteroatoms. The average Bonchev–Trinajstić information content (AvgIpc) is 2.71. The Hall–Kier alpha value is -2.56. The van der Waals surface area contributed by atoms with E-state index in [1.54, 1.807) is 12.1 Å². The summed E-state index contributed by atoms with van der Waals surface area (Å²) in [5.41, 5.74) is 4.06. The van der Waals surface area contributed by atoms with Crippen LogP contribution in [0.2, 0.25) is 10.0 Å². The molecule has 4 nitrogen and oxygen atoms in total. The van der Waals surface area contributed by atoms with Crippen molar-refractivity contribution in [2.45, 2.75) is 27.0 Å². The molecule has 0 saturated heterocycles. The predicted molar refractivity (Wildman–Crippen MR) is 119 cm³/mol. The summed E-state index contributed by atoms with van der Waals surface area (Å²) in [7, 11) is 0. The summed E-state index contributed by atoms with van der Waals surface area (Å²) in [5.74, 6) is 1.28. The van der Waals surface area contributed by atoms with Crippen LogP contribution in [0.3, 0.4) is 0 Å². The molecule has 0 aliphatic heterocycles. The molecule has 0 unspecified atom stereocenters. The van der Waals surface area contributed by atoms with Gasteiger partial charge in [-0.1, -0.05) is 53.5 Å².